The Morgan fingerprint density at radius 3 is 2.56 bits per heavy atom. The van der Waals surface area contributed by atoms with E-state index in [9.17, 15) is 25.2 Å². The second-order valence-corrected chi connectivity index (χ2v) is 12.6. The van der Waals surface area contributed by atoms with Crippen molar-refractivity contribution in [3.8, 4) is 11.5 Å². The van der Waals surface area contributed by atoms with Crippen molar-refractivity contribution in [1.82, 2.24) is 9.88 Å². The molecule has 11 nitrogen and oxygen atoms in total. The van der Waals surface area contributed by atoms with Crippen molar-refractivity contribution < 1.29 is 39.4 Å². The lowest BCUT2D eigenvalue weighted by Gasteiger charge is -2.39. The van der Waals surface area contributed by atoms with E-state index in [4.69, 9.17) is 25.8 Å². The number of likely N-dealkylation sites (N-methyl/N-ethyl adjacent to an activating group) is 1. The molecule has 7 atom stereocenters. The van der Waals surface area contributed by atoms with Crippen molar-refractivity contribution in [2.24, 2.45) is 0 Å². The number of ether oxygens (including phenoxy) is 3. The van der Waals surface area contributed by atoms with Gasteiger partial charge in [-0.1, -0.05) is 24.3 Å². The molecule has 6 rings (SSSR count). The molecule has 240 valence electrons. The second kappa shape index (κ2) is 12.8. The number of hydrogen-bond donors (Lipinski definition) is 5. The number of fused-ring (bicyclic) bond motifs is 4. The highest BCUT2D eigenvalue weighted by Gasteiger charge is 2.45. The fourth-order valence-electron chi connectivity index (χ4n) is 6.11. The topological polar surface area (TPSA) is 148 Å². The summed E-state index contributed by atoms with van der Waals surface area (Å²) in [7, 11) is 3.96. The molecule has 1 aromatic heterocycles. The quantitative estimate of drug-likeness (QED) is 0.174. The molecule has 1 amide bonds. The molecule has 4 aromatic rings. The number of aromatic amines is 1. The third-order valence-corrected chi connectivity index (χ3v) is 8.89. The van der Waals surface area contributed by atoms with Crippen molar-refractivity contribution in [1.29, 1.82) is 0 Å². The Morgan fingerprint density at radius 1 is 1.09 bits per heavy atom. The minimum absolute atomic E-state index is 0.182. The van der Waals surface area contributed by atoms with E-state index in [1.165, 1.54) is 0 Å². The second-order valence-electron chi connectivity index (χ2n) is 12.0. The minimum Gasteiger partial charge on any atom is -0.492 e. The van der Waals surface area contributed by atoms with Crippen LogP contribution in [-0.4, -0.2) is 113 Å². The van der Waals surface area contributed by atoms with E-state index in [0.717, 1.165) is 28.4 Å². The summed E-state index contributed by atoms with van der Waals surface area (Å²) in [6, 6.07) is 16.7. The van der Waals surface area contributed by atoms with E-state index in [2.05, 4.69) is 4.98 Å². The molecule has 0 radical (unpaired) electrons. The Hall–Kier alpha value is -3.42. The molecule has 1 fully saturated rings. The average molecular weight is 640 g/mol. The molecule has 3 aromatic carbocycles. The summed E-state index contributed by atoms with van der Waals surface area (Å²) in [6.07, 6.45) is -7.22. The number of carbonyl (C=O) groups is 1. The number of aliphatic hydroxyl groups is 4. The first kappa shape index (κ1) is 31.6. The van der Waals surface area contributed by atoms with Crippen LogP contribution in [0.5, 0.6) is 11.5 Å². The molecule has 0 unspecified atom stereocenters. The lowest BCUT2D eigenvalue weighted by atomic mass is 9.92. The van der Waals surface area contributed by atoms with Crippen LogP contribution in [0.1, 0.15) is 28.9 Å². The molecule has 45 heavy (non-hydrogen) atoms. The van der Waals surface area contributed by atoms with Crippen LogP contribution in [0.2, 0.25) is 0 Å². The third kappa shape index (κ3) is 5.97. The van der Waals surface area contributed by atoms with E-state index in [-0.39, 0.29) is 17.2 Å². The molecule has 0 spiro atoms. The van der Waals surface area contributed by atoms with E-state index in [1.54, 1.807) is 17.0 Å². The number of nitrogens with one attached hydrogen (secondary N) is 1. The van der Waals surface area contributed by atoms with Gasteiger partial charge in [0, 0.05) is 46.7 Å². The molecule has 1 saturated heterocycles. The Labute approximate surface area is 265 Å². The lowest BCUT2D eigenvalue weighted by molar-refractivity contribution is -0.277. The van der Waals surface area contributed by atoms with E-state index in [0.29, 0.717) is 41.4 Å². The Bertz CT molecular complexity index is 1690. The molecule has 3 heterocycles. The lowest BCUT2D eigenvalue weighted by Crippen LogP contribution is -2.60. The average Bonchev–Trinajstić information content (AvgIpc) is 3.63. The van der Waals surface area contributed by atoms with Gasteiger partial charge in [0.05, 0.1) is 12.3 Å². The van der Waals surface area contributed by atoms with Crippen LogP contribution in [0.25, 0.3) is 21.7 Å². The number of aliphatic hydroxyl groups excluding tert-OH is 4. The van der Waals surface area contributed by atoms with Crippen molar-refractivity contribution >= 4 is 44.9 Å². The first-order chi connectivity index (χ1) is 21.6. The zero-order valence-electron chi connectivity index (χ0n) is 25.3. The highest BCUT2D eigenvalue weighted by atomic mass is 35.5. The van der Waals surface area contributed by atoms with Gasteiger partial charge in [-0.25, -0.2) is 0 Å². The molecular weight excluding hydrogens is 602 g/mol. The largest absolute Gasteiger partial charge is 0.492 e. The van der Waals surface area contributed by atoms with Gasteiger partial charge in [0.25, 0.3) is 5.91 Å². The van der Waals surface area contributed by atoms with E-state index < -0.39 is 37.3 Å². The number of nitrogens with zero attached hydrogens (tertiary/aromatic N) is 2. The summed E-state index contributed by atoms with van der Waals surface area (Å²) in [6.45, 7) is 2.97. The molecule has 0 saturated carbocycles. The van der Waals surface area contributed by atoms with Crippen molar-refractivity contribution in [3.05, 3.63) is 65.9 Å². The molecule has 2 aliphatic heterocycles. The highest BCUT2D eigenvalue weighted by Crippen LogP contribution is 2.48. The predicted octanol–water partition coefficient (Wildman–Crippen LogP) is 2.81. The molecule has 0 aliphatic carbocycles. The van der Waals surface area contributed by atoms with Crippen LogP contribution >= 0.6 is 11.6 Å². The molecule has 2 aliphatic rings. The number of rotatable bonds is 9. The predicted molar refractivity (Wildman–Crippen MR) is 170 cm³/mol. The Morgan fingerprint density at radius 2 is 1.84 bits per heavy atom. The normalized spacial score (nSPS) is 25.6. The highest BCUT2D eigenvalue weighted by molar-refractivity contribution is 6.22. The minimum atomic E-state index is -1.60. The summed E-state index contributed by atoms with van der Waals surface area (Å²) in [4.78, 5) is 21.1. The van der Waals surface area contributed by atoms with Crippen LogP contribution in [0.4, 0.5) is 5.69 Å². The maximum Gasteiger partial charge on any atom is 0.274 e. The maximum absolute atomic E-state index is 14.2. The zero-order chi connectivity index (χ0) is 32.0. The summed E-state index contributed by atoms with van der Waals surface area (Å²) >= 11 is 6.73. The monoisotopic (exact) mass is 639 g/mol. The Balaban J connectivity index is 1.36. The number of amides is 1. The zero-order valence-corrected chi connectivity index (χ0v) is 26.0. The SMILES string of the molecule is C[C@@H](Cl)[C@@H]1CN(C(=O)c2cc3cc(OCCN(C)C)ccc3[nH]2)c2cc(O[C@@H]3O[C@H](CO)[C@H](O)[C@H](O)[C@H]3O)c3ccccc3c21. The van der Waals surface area contributed by atoms with Gasteiger partial charge in [0.2, 0.25) is 6.29 Å². The number of benzene rings is 3. The number of alkyl halides is 1. The summed E-state index contributed by atoms with van der Waals surface area (Å²) < 4.78 is 17.7. The van der Waals surface area contributed by atoms with E-state index in [1.807, 2.05) is 68.4 Å². The number of H-pyrrole nitrogens is 1. The van der Waals surface area contributed by atoms with E-state index >= 15 is 0 Å². The smallest absolute Gasteiger partial charge is 0.274 e. The number of anilines is 1. The fraction of sp³-hybridized carbons (Fsp3) is 0.424. The van der Waals surface area contributed by atoms with Gasteiger partial charge in [-0.05, 0) is 56.2 Å². The van der Waals surface area contributed by atoms with Gasteiger partial charge < -0.3 is 49.4 Å². The molecule has 0 bridgehead atoms. The van der Waals surface area contributed by atoms with Crippen molar-refractivity contribution in [2.45, 2.75) is 48.9 Å². The van der Waals surface area contributed by atoms with Gasteiger partial charge in [-0.2, -0.15) is 0 Å². The maximum atomic E-state index is 14.2. The molecule has 5 N–H and O–H groups in total. The van der Waals surface area contributed by atoms with Gasteiger partial charge in [-0.15, -0.1) is 11.6 Å². The first-order valence-electron chi connectivity index (χ1n) is 15.0. The number of carbonyl (C=O) groups excluding carboxylic acids is 1. The Kier molecular flexibility index (Phi) is 8.95. The summed E-state index contributed by atoms with van der Waals surface area (Å²) in [5.74, 6) is 0.575. The first-order valence-corrected chi connectivity index (χ1v) is 15.4. The standard InChI is InChI=1S/C33H38ClN3O8/c1-17(34)22-15-37(32(42)24-13-18-12-19(8-9-23(18)35-24)43-11-10-36(2)3)25-14-26(20-6-4-5-7-21(20)28(22)25)44-33-31(41)30(40)29(39)27(16-38)45-33/h4-9,12-14,17,22,27,29-31,33,35,38-41H,10-11,15-16H2,1-3H3/t17-,22+,27-,29+,30+,31-,33-/m1/s1. The van der Waals surface area contributed by atoms with Crippen molar-refractivity contribution in [2.75, 3.05) is 45.3 Å². The molecular formula is C33H38ClN3O8. The molecule has 12 heteroatoms. The fourth-order valence-corrected chi connectivity index (χ4v) is 6.32. The van der Waals surface area contributed by atoms with Gasteiger partial charge in [-0.3, -0.25) is 4.79 Å². The third-order valence-electron chi connectivity index (χ3n) is 8.59. The van der Waals surface area contributed by atoms with Crippen molar-refractivity contribution in [3.63, 3.8) is 0 Å². The van der Waals surface area contributed by atoms with Crippen LogP contribution < -0.4 is 14.4 Å². The number of halogens is 1. The number of aromatic nitrogens is 1. The van der Waals surface area contributed by atoms with Crippen LogP contribution in [0, 0.1) is 0 Å². The van der Waals surface area contributed by atoms with Gasteiger partial charge >= 0.3 is 0 Å². The summed E-state index contributed by atoms with van der Waals surface area (Å²) in [5, 5.41) is 43.0. The number of hydrogen-bond acceptors (Lipinski definition) is 9. The summed E-state index contributed by atoms with van der Waals surface area (Å²) in [5.41, 5.74) is 2.69. The van der Waals surface area contributed by atoms with Crippen LogP contribution in [0.15, 0.2) is 54.6 Å². The van der Waals surface area contributed by atoms with Gasteiger partial charge in [0.1, 0.15) is 48.2 Å². The van der Waals surface area contributed by atoms with Gasteiger partial charge in [0.15, 0.2) is 0 Å². The van der Waals surface area contributed by atoms with Crippen LogP contribution in [-0.2, 0) is 4.74 Å². The van der Waals surface area contributed by atoms with Crippen LogP contribution in [0.3, 0.4) is 0 Å².